The zero-order valence-electron chi connectivity index (χ0n) is 15.7. The lowest BCUT2D eigenvalue weighted by Crippen LogP contribution is -2.42. The smallest absolute Gasteiger partial charge is 0.119 e. The Morgan fingerprint density at radius 3 is 2.88 bits per heavy atom. The number of benzene rings is 1. The van der Waals surface area contributed by atoms with Gasteiger partial charge >= 0.3 is 0 Å². The molecule has 2 heterocycles. The summed E-state index contributed by atoms with van der Waals surface area (Å²) in [4.78, 5) is 2.44. The summed E-state index contributed by atoms with van der Waals surface area (Å²) in [5.41, 5.74) is 3.62. The molecule has 0 aliphatic carbocycles. The van der Waals surface area contributed by atoms with Gasteiger partial charge in [0.1, 0.15) is 5.75 Å². The third-order valence-electron chi connectivity index (χ3n) is 4.61. The summed E-state index contributed by atoms with van der Waals surface area (Å²) in [6, 6.07) is 10.4. The molecule has 1 saturated heterocycles. The molecule has 5 nitrogen and oxygen atoms in total. The lowest BCUT2D eigenvalue weighted by molar-refractivity contribution is -0.0308. The van der Waals surface area contributed by atoms with Crippen LogP contribution in [-0.4, -0.2) is 48.0 Å². The van der Waals surface area contributed by atoms with Gasteiger partial charge in [-0.15, -0.1) is 0 Å². The first-order chi connectivity index (χ1) is 11.9. The molecule has 1 aliphatic rings. The van der Waals surface area contributed by atoms with Gasteiger partial charge in [0.2, 0.25) is 0 Å². The molecular weight excluding hydrogens is 314 g/mol. The normalized spacial score (nSPS) is 19.1. The number of H-pyrrole nitrogens is 1. The van der Waals surface area contributed by atoms with Crippen LogP contribution in [0.1, 0.15) is 37.7 Å². The van der Waals surface area contributed by atoms with Crippen LogP contribution in [0.5, 0.6) is 5.75 Å². The topological polar surface area (TPSA) is 50.4 Å². The molecule has 1 fully saturated rings. The van der Waals surface area contributed by atoms with Crippen molar-refractivity contribution in [2.75, 3.05) is 26.8 Å². The molecule has 0 saturated carbocycles. The third kappa shape index (κ3) is 4.83. The number of hydrogen-bond donors (Lipinski definition) is 1. The van der Waals surface area contributed by atoms with Gasteiger partial charge in [-0.3, -0.25) is 10.00 Å². The Morgan fingerprint density at radius 1 is 1.32 bits per heavy atom. The van der Waals surface area contributed by atoms with E-state index >= 15 is 0 Å². The SMILES string of the molecule is COc1cccc(C[C@H]2CN(Cc3cc(C(C)(C)C)n[nH]3)CCO2)c1. The van der Waals surface area contributed by atoms with Crippen molar-refractivity contribution in [3.63, 3.8) is 0 Å². The summed E-state index contributed by atoms with van der Waals surface area (Å²) in [6.45, 7) is 10.1. The van der Waals surface area contributed by atoms with E-state index in [1.165, 1.54) is 11.3 Å². The maximum Gasteiger partial charge on any atom is 0.119 e. The standard InChI is InChI=1S/C20H29N3O2/c1-20(2,3)19-12-16(21-22-19)13-23-8-9-25-18(14-23)11-15-6-5-7-17(10-15)24-4/h5-7,10,12,18H,8-9,11,13-14H2,1-4H3,(H,21,22)/t18-/m0/s1. The minimum Gasteiger partial charge on any atom is -0.497 e. The van der Waals surface area contributed by atoms with Crippen LogP contribution in [0, 0.1) is 0 Å². The Labute approximate surface area is 150 Å². The van der Waals surface area contributed by atoms with Gasteiger partial charge < -0.3 is 9.47 Å². The van der Waals surface area contributed by atoms with Crippen LogP contribution in [0.3, 0.4) is 0 Å². The maximum absolute atomic E-state index is 5.97. The number of ether oxygens (including phenoxy) is 2. The van der Waals surface area contributed by atoms with Crippen LogP contribution < -0.4 is 4.74 Å². The van der Waals surface area contributed by atoms with Gasteiger partial charge in [0, 0.05) is 37.2 Å². The van der Waals surface area contributed by atoms with Crippen molar-refractivity contribution >= 4 is 0 Å². The predicted octanol–water partition coefficient (Wildman–Crippen LogP) is 3.16. The van der Waals surface area contributed by atoms with Crippen molar-refractivity contribution in [2.45, 2.75) is 45.3 Å². The fourth-order valence-electron chi connectivity index (χ4n) is 3.18. The van der Waals surface area contributed by atoms with Crippen molar-refractivity contribution in [2.24, 2.45) is 0 Å². The lowest BCUT2D eigenvalue weighted by Gasteiger charge is -2.32. The summed E-state index contributed by atoms with van der Waals surface area (Å²) in [5, 5.41) is 7.65. The second kappa shape index (κ2) is 7.58. The van der Waals surface area contributed by atoms with Gasteiger partial charge in [0.15, 0.2) is 0 Å². The summed E-state index contributed by atoms with van der Waals surface area (Å²) in [5.74, 6) is 0.900. The number of rotatable bonds is 5. The predicted molar refractivity (Wildman–Crippen MR) is 99.0 cm³/mol. The third-order valence-corrected chi connectivity index (χ3v) is 4.61. The Hall–Kier alpha value is -1.85. The van der Waals surface area contributed by atoms with Crippen LogP contribution in [0.2, 0.25) is 0 Å². The Kier molecular flexibility index (Phi) is 5.45. The monoisotopic (exact) mass is 343 g/mol. The number of nitrogens with one attached hydrogen (secondary N) is 1. The highest BCUT2D eigenvalue weighted by Gasteiger charge is 2.23. The molecular formula is C20H29N3O2. The van der Waals surface area contributed by atoms with Crippen molar-refractivity contribution < 1.29 is 9.47 Å². The fourth-order valence-corrected chi connectivity index (χ4v) is 3.18. The lowest BCUT2D eigenvalue weighted by atomic mass is 9.92. The van der Waals surface area contributed by atoms with E-state index in [9.17, 15) is 0 Å². The van der Waals surface area contributed by atoms with Gasteiger partial charge in [-0.2, -0.15) is 5.10 Å². The summed E-state index contributed by atoms with van der Waals surface area (Å²) >= 11 is 0. The van der Waals surface area contributed by atoms with Crippen molar-refractivity contribution in [1.29, 1.82) is 0 Å². The number of nitrogens with zero attached hydrogens (tertiary/aromatic N) is 2. The number of methoxy groups -OCH3 is 1. The van der Waals surface area contributed by atoms with Crippen LogP contribution in [0.4, 0.5) is 0 Å². The highest BCUT2D eigenvalue weighted by atomic mass is 16.5. The molecule has 0 spiro atoms. The van der Waals surface area contributed by atoms with Gasteiger partial charge in [-0.1, -0.05) is 32.9 Å². The molecule has 1 aliphatic heterocycles. The van der Waals surface area contributed by atoms with E-state index in [2.05, 4.69) is 54.1 Å². The highest BCUT2D eigenvalue weighted by molar-refractivity contribution is 5.29. The van der Waals surface area contributed by atoms with E-state index < -0.39 is 0 Å². The molecule has 1 aromatic carbocycles. The number of aromatic amines is 1. The van der Waals surface area contributed by atoms with Crippen LogP contribution in [0.25, 0.3) is 0 Å². The van der Waals surface area contributed by atoms with E-state index in [1.807, 2.05) is 12.1 Å². The molecule has 1 aromatic heterocycles. The quantitative estimate of drug-likeness (QED) is 0.906. The first kappa shape index (κ1) is 18.0. The molecule has 3 rings (SSSR count). The second-order valence-electron chi connectivity index (χ2n) is 7.81. The molecule has 136 valence electrons. The Balaban J connectivity index is 1.58. The molecule has 25 heavy (non-hydrogen) atoms. The zero-order chi connectivity index (χ0) is 17.9. The van der Waals surface area contributed by atoms with Gasteiger partial charge in [0.05, 0.1) is 25.5 Å². The first-order valence-electron chi connectivity index (χ1n) is 8.95. The Bertz CT molecular complexity index is 690. The van der Waals surface area contributed by atoms with Crippen LogP contribution >= 0.6 is 0 Å². The molecule has 0 radical (unpaired) electrons. The van der Waals surface area contributed by atoms with E-state index in [0.29, 0.717) is 0 Å². The molecule has 0 unspecified atom stereocenters. The fraction of sp³-hybridized carbons (Fsp3) is 0.550. The molecule has 0 bridgehead atoms. The summed E-state index contributed by atoms with van der Waals surface area (Å²) in [6.07, 6.45) is 1.12. The molecule has 5 heteroatoms. The van der Waals surface area contributed by atoms with Crippen LogP contribution in [-0.2, 0) is 23.1 Å². The average Bonchev–Trinajstić information content (AvgIpc) is 3.04. The number of morpholine rings is 1. The molecule has 1 N–H and O–H groups in total. The summed E-state index contributed by atoms with van der Waals surface area (Å²) in [7, 11) is 1.70. The van der Waals surface area contributed by atoms with E-state index in [1.54, 1.807) is 7.11 Å². The van der Waals surface area contributed by atoms with E-state index in [0.717, 1.165) is 44.1 Å². The van der Waals surface area contributed by atoms with Crippen molar-refractivity contribution in [3.8, 4) is 5.75 Å². The molecule has 0 amide bonds. The molecule has 1 atom stereocenters. The van der Waals surface area contributed by atoms with E-state index in [4.69, 9.17) is 9.47 Å². The van der Waals surface area contributed by atoms with Crippen molar-refractivity contribution in [3.05, 3.63) is 47.3 Å². The van der Waals surface area contributed by atoms with Gasteiger partial charge in [0.25, 0.3) is 0 Å². The minimum atomic E-state index is 0.0780. The zero-order valence-corrected chi connectivity index (χ0v) is 15.7. The number of aromatic nitrogens is 2. The second-order valence-corrected chi connectivity index (χ2v) is 7.81. The maximum atomic E-state index is 5.97. The summed E-state index contributed by atoms with van der Waals surface area (Å²) < 4.78 is 11.3. The minimum absolute atomic E-state index is 0.0780. The number of hydrogen-bond acceptors (Lipinski definition) is 4. The van der Waals surface area contributed by atoms with Crippen LogP contribution in [0.15, 0.2) is 30.3 Å². The largest absolute Gasteiger partial charge is 0.497 e. The average molecular weight is 343 g/mol. The first-order valence-corrected chi connectivity index (χ1v) is 8.95. The molecule has 2 aromatic rings. The van der Waals surface area contributed by atoms with Gasteiger partial charge in [-0.25, -0.2) is 0 Å². The van der Waals surface area contributed by atoms with Crippen molar-refractivity contribution in [1.82, 2.24) is 15.1 Å². The van der Waals surface area contributed by atoms with E-state index in [-0.39, 0.29) is 11.5 Å². The Morgan fingerprint density at radius 2 is 2.16 bits per heavy atom. The van der Waals surface area contributed by atoms with Gasteiger partial charge in [-0.05, 0) is 23.8 Å². The highest BCUT2D eigenvalue weighted by Crippen LogP contribution is 2.22.